The largest absolute Gasteiger partial charge is 0.356 e. The lowest BCUT2D eigenvalue weighted by atomic mass is 10.1. The first-order valence-electron chi connectivity index (χ1n) is 8.05. The number of hydrogen-bond donors (Lipinski definition) is 1. The summed E-state index contributed by atoms with van der Waals surface area (Å²) in [7, 11) is 0. The van der Waals surface area contributed by atoms with Crippen LogP contribution >= 0.6 is 0 Å². The standard InChI is InChI=1S/C19H20FN3O/c1-14-2-5-16-13-22-23(18(16)12-14)11-9-19(24)21-10-8-15-3-6-17(20)7-4-15/h2-7,12-13H,8-11H2,1H3,(H,21,24). The van der Waals surface area contributed by atoms with Gasteiger partial charge in [-0.05, 0) is 42.7 Å². The van der Waals surface area contributed by atoms with Crippen LogP contribution in [-0.4, -0.2) is 22.2 Å². The van der Waals surface area contributed by atoms with Gasteiger partial charge in [-0.15, -0.1) is 0 Å². The number of nitrogens with zero attached hydrogens (tertiary/aromatic N) is 2. The third-order valence-electron chi connectivity index (χ3n) is 4.00. The molecule has 124 valence electrons. The van der Waals surface area contributed by atoms with Gasteiger partial charge in [-0.2, -0.15) is 5.10 Å². The highest BCUT2D eigenvalue weighted by molar-refractivity contribution is 5.80. The number of hydrogen-bond acceptors (Lipinski definition) is 2. The van der Waals surface area contributed by atoms with Gasteiger partial charge in [0.1, 0.15) is 5.82 Å². The van der Waals surface area contributed by atoms with Crippen LogP contribution in [0.15, 0.2) is 48.7 Å². The van der Waals surface area contributed by atoms with Gasteiger partial charge in [0, 0.05) is 18.4 Å². The van der Waals surface area contributed by atoms with Crippen molar-refractivity contribution in [2.75, 3.05) is 6.54 Å². The van der Waals surface area contributed by atoms with Crippen molar-refractivity contribution in [3.05, 3.63) is 65.6 Å². The molecule has 0 radical (unpaired) electrons. The number of carbonyl (C=O) groups is 1. The number of halogens is 1. The quantitative estimate of drug-likeness (QED) is 0.756. The fraction of sp³-hybridized carbons (Fsp3) is 0.263. The molecule has 0 fully saturated rings. The van der Waals surface area contributed by atoms with E-state index in [9.17, 15) is 9.18 Å². The molecular weight excluding hydrogens is 305 g/mol. The van der Waals surface area contributed by atoms with Gasteiger partial charge >= 0.3 is 0 Å². The van der Waals surface area contributed by atoms with Crippen LogP contribution in [0.4, 0.5) is 4.39 Å². The van der Waals surface area contributed by atoms with Crippen LogP contribution in [0, 0.1) is 12.7 Å². The predicted octanol–water partition coefficient (Wildman–Crippen LogP) is 3.23. The normalized spacial score (nSPS) is 10.9. The first kappa shape index (κ1) is 16.2. The highest BCUT2D eigenvalue weighted by atomic mass is 19.1. The summed E-state index contributed by atoms with van der Waals surface area (Å²) in [5.41, 5.74) is 3.23. The molecule has 1 aromatic heterocycles. The second-order valence-corrected chi connectivity index (χ2v) is 5.91. The van der Waals surface area contributed by atoms with Crippen molar-refractivity contribution in [2.45, 2.75) is 26.3 Å². The predicted molar refractivity (Wildman–Crippen MR) is 92.2 cm³/mol. The van der Waals surface area contributed by atoms with Gasteiger partial charge in [0.25, 0.3) is 0 Å². The summed E-state index contributed by atoms with van der Waals surface area (Å²) in [6.07, 6.45) is 2.89. The fourth-order valence-electron chi connectivity index (χ4n) is 2.65. The molecule has 1 amide bonds. The van der Waals surface area contributed by atoms with Crippen LogP contribution in [0.25, 0.3) is 10.9 Å². The second kappa shape index (κ2) is 7.25. The Hall–Kier alpha value is -2.69. The molecule has 0 saturated carbocycles. The first-order valence-corrected chi connectivity index (χ1v) is 8.05. The van der Waals surface area contributed by atoms with Crippen molar-refractivity contribution in [1.29, 1.82) is 0 Å². The molecule has 4 nitrogen and oxygen atoms in total. The minimum Gasteiger partial charge on any atom is -0.356 e. The van der Waals surface area contributed by atoms with Crippen molar-refractivity contribution >= 4 is 16.8 Å². The molecule has 0 atom stereocenters. The molecule has 24 heavy (non-hydrogen) atoms. The minimum absolute atomic E-state index is 0.00610. The highest BCUT2D eigenvalue weighted by Gasteiger charge is 2.06. The monoisotopic (exact) mass is 325 g/mol. The number of amides is 1. The first-order chi connectivity index (χ1) is 11.6. The fourth-order valence-corrected chi connectivity index (χ4v) is 2.65. The van der Waals surface area contributed by atoms with E-state index in [1.54, 1.807) is 12.1 Å². The average molecular weight is 325 g/mol. The third-order valence-corrected chi connectivity index (χ3v) is 4.00. The molecule has 5 heteroatoms. The molecule has 3 aromatic rings. The molecule has 1 heterocycles. The maximum Gasteiger partial charge on any atom is 0.221 e. The molecule has 2 aromatic carbocycles. The van der Waals surface area contributed by atoms with E-state index in [0.29, 0.717) is 25.9 Å². The third kappa shape index (κ3) is 3.98. The van der Waals surface area contributed by atoms with E-state index in [4.69, 9.17) is 0 Å². The van der Waals surface area contributed by atoms with E-state index >= 15 is 0 Å². The Bertz CT molecular complexity index is 839. The lowest BCUT2D eigenvalue weighted by Crippen LogP contribution is -2.26. The van der Waals surface area contributed by atoms with Crippen LogP contribution in [0.3, 0.4) is 0 Å². The Morgan fingerprint density at radius 3 is 2.79 bits per heavy atom. The average Bonchev–Trinajstić information content (AvgIpc) is 2.97. The van der Waals surface area contributed by atoms with Crippen LogP contribution in [-0.2, 0) is 17.8 Å². The Morgan fingerprint density at radius 1 is 1.21 bits per heavy atom. The van der Waals surface area contributed by atoms with E-state index in [0.717, 1.165) is 16.5 Å². The maximum absolute atomic E-state index is 12.8. The van der Waals surface area contributed by atoms with Crippen molar-refractivity contribution in [1.82, 2.24) is 15.1 Å². The van der Waals surface area contributed by atoms with Gasteiger partial charge in [0.2, 0.25) is 5.91 Å². The summed E-state index contributed by atoms with van der Waals surface area (Å²) in [4.78, 5) is 12.0. The maximum atomic E-state index is 12.8. The molecular formula is C19H20FN3O. The van der Waals surface area contributed by atoms with Crippen molar-refractivity contribution in [3.8, 4) is 0 Å². The van der Waals surface area contributed by atoms with E-state index < -0.39 is 0 Å². The second-order valence-electron chi connectivity index (χ2n) is 5.91. The lowest BCUT2D eigenvalue weighted by molar-refractivity contribution is -0.121. The number of aromatic nitrogens is 2. The van der Waals surface area contributed by atoms with Gasteiger partial charge in [-0.1, -0.05) is 24.3 Å². The molecule has 1 N–H and O–H groups in total. The van der Waals surface area contributed by atoms with Crippen LogP contribution in [0.1, 0.15) is 17.5 Å². The number of carbonyl (C=O) groups excluding carboxylic acids is 1. The number of benzene rings is 2. The number of nitrogens with one attached hydrogen (secondary N) is 1. The zero-order chi connectivity index (χ0) is 16.9. The zero-order valence-electron chi connectivity index (χ0n) is 13.6. The van der Waals surface area contributed by atoms with Gasteiger partial charge in [-0.25, -0.2) is 4.39 Å². The number of aryl methyl sites for hydroxylation is 2. The Kier molecular flexibility index (Phi) is 4.89. The molecule has 0 unspecified atom stereocenters. The van der Waals surface area contributed by atoms with Gasteiger partial charge in [-0.3, -0.25) is 9.48 Å². The Labute approximate surface area is 140 Å². The summed E-state index contributed by atoms with van der Waals surface area (Å²) >= 11 is 0. The summed E-state index contributed by atoms with van der Waals surface area (Å²) in [6, 6.07) is 12.5. The van der Waals surface area contributed by atoms with E-state index in [1.807, 2.05) is 23.9 Å². The Balaban J connectivity index is 1.48. The van der Waals surface area contributed by atoms with Gasteiger partial charge in [0.05, 0.1) is 18.3 Å². The SMILES string of the molecule is Cc1ccc2cnn(CCC(=O)NCCc3ccc(F)cc3)c2c1. The summed E-state index contributed by atoms with van der Waals surface area (Å²) in [5, 5.41) is 8.32. The van der Waals surface area contributed by atoms with Gasteiger partial charge < -0.3 is 5.32 Å². The van der Waals surface area contributed by atoms with E-state index in [-0.39, 0.29) is 11.7 Å². The van der Waals surface area contributed by atoms with Crippen molar-refractivity contribution in [2.24, 2.45) is 0 Å². The molecule has 0 aliphatic carbocycles. The topological polar surface area (TPSA) is 46.9 Å². The smallest absolute Gasteiger partial charge is 0.221 e. The minimum atomic E-state index is -0.246. The number of rotatable bonds is 6. The summed E-state index contributed by atoms with van der Waals surface area (Å²) in [5.74, 6) is -0.252. The zero-order valence-corrected chi connectivity index (χ0v) is 13.6. The van der Waals surface area contributed by atoms with Crippen molar-refractivity contribution in [3.63, 3.8) is 0 Å². The van der Waals surface area contributed by atoms with Crippen LogP contribution in [0.2, 0.25) is 0 Å². The highest BCUT2D eigenvalue weighted by Crippen LogP contribution is 2.15. The summed E-state index contributed by atoms with van der Waals surface area (Å²) in [6.45, 7) is 3.14. The molecule has 0 saturated heterocycles. The molecule has 0 spiro atoms. The summed E-state index contributed by atoms with van der Waals surface area (Å²) < 4.78 is 14.7. The molecule has 0 aliphatic rings. The molecule has 0 aliphatic heterocycles. The van der Waals surface area contributed by atoms with Crippen LogP contribution < -0.4 is 5.32 Å². The van der Waals surface area contributed by atoms with Crippen molar-refractivity contribution < 1.29 is 9.18 Å². The Morgan fingerprint density at radius 2 is 2.00 bits per heavy atom. The van der Waals surface area contributed by atoms with Gasteiger partial charge in [0.15, 0.2) is 0 Å². The number of fused-ring (bicyclic) bond motifs is 1. The lowest BCUT2D eigenvalue weighted by Gasteiger charge is -2.07. The van der Waals surface area contributed by atoms with E-state index in [1.165, 1.54) is 17.7 Å². The molecule has 3 rings (SSSR count). The molecule has 0 bridgehead atoms. The van der Waals surface area contributed by atoms with Crippen LogP contribution in [0.5, 0.6) is 0 Å². The van der Waals surface area contributed by atoms with E-state index in [2.05, 4.69) is 22.5 Å².